The van der Waals surface area contributed by atoms with Crippen LogP contribution >= 0.6 is 0 Å². The highest BCUT2D eigenvalue weighted by Crippen LogP contribution is 2.19. The lowest BCUT2D eigenvalue weighted by atomic mass is 10.0. The minimum atomic E-state index is -1.18. The molecule has 43 heavy (non-hydrogen) atoms. The Morgan fingerprint density at radius 1 is 0.907 bits per heavy atom. The first-order chi connectivity index (χ1) is 20.8. The molecule has 2 aromatic rings. The number of hydrogen-bond donors (Lipinski definition) is 5. The van der Waals surface area contributed by atoms with Gasteiger partial charge in [-0.05, 0) is 43.4 Å². The number of carbonyl (C=O) groups excluding carboxylic acids is 4. The summed E-state index contributed by atoms with van der Waals surface area (Å²) in [6.07, 6.45) is 2.55. The third-order valence-corrected chi connectivity index (χ3v) is 7.57. The second-order valence-corrected chi connectivity index (χ2v) is 10.8. The van der Waals surface area contributed by atoms with Crippen molar-refractivity contribution < 1.29 is 33.8 Å². The van der Waals surface area contributed by atoms with Crippen molar-refractivity contribution in [3.8, 4) is 0 Å². The van der Waals surface area contributed by atoms with Crippen LogP contribution in [0.5, 0.6) is 0 Å². The van der Waals surface area contributed by atoms with Gasteiger partial charge in [0.05, 0.1) is 25.8 Å². The number of carbonyl (C=O) groups is 5. The maximum Gasteiger partial charge on any atom is 0.326 e. The van der Waals surface area contributed by atoms with Gasteiger partial charge in [0.25, 0.3) is 0 Å². The van der Waals surface area contributed by atoms with Crippen molar-refractivity contribution in [2.75, 3.05) is 26.2 Å². The molecular formula is C31H39N5O7. The highest BCUT2D eigenvalue weighted by atomic mass is 16.5. The summed E-state index contributed by atoms with van der Waals surface area (Å²) in [5.74, 6) is -3.14. The lowest BCUT2D eigenvalue weighted by Gasteiger charge is -2.28. The van der Waals surface area contributed by atoms with E-state index in [1.807, 2.05) is 60.7 Å². The number of rotatable bonds is 14. The normalized spacial score (nSPS) is 19.3. The molecule has 230 valence electrons. The standard InChI is InChI=1S/C31H39N5O7/c37-27(18-33-28(38)23-13-7-15-32-23)34-24(17-21-9-3-1-4-10-21)29(39)35-25(20-43-19-22-11-5-2-6-12-22)30(40)36-16-8-14-26(36)31(41)42/h1-6,9-12,23-26,32H,7-8,13-20H2,(H,33,38)(H,34,37)(H,35,39)(H,41,42)/t23-,24-,25-,26-/m0/s1. The van der Waals surface area contributed by atoms with Crippen molar-refractivity contribution in [1.29, 1.82) is 0 Å². The van der Waals surface area contributed by atoms with Crippen molar-refractivity contribution in [1.82, 2.24) is 26.2 Å². The average molecular weight is 594 g/mol. The molecule has 2 heterocycles. The van der Waals surface area contributed by atoms with Gasteiger partial charge in [-0.1, -0.05) is 60.7 Å². The fourth-order valence-corrected chi connectivity index (χ4v) is 5.31. The van der Waals surface area contributed by atoms with Crippen LogP contribution in [0.25, 0.3) is 0 Å². The maximum atomic E-state index is 13.6. The molecule has 0 saturated carbocycles. The molecule has 0 bridgehead atoms. The Balaban J connectivity index is 1.46. The molecule has 0 unspecified atom stereocenters. The number of nitrogens with one attached hydrogen (secondary N) is 4. The van der Waals surface area contributed by atoms with Gasteiger partial charge >= 0.3 is 5.97 Å². The predicted octanol–water partition coefficient (Wildman–Crippen LogP) is 0.359. The van der Waals surface area contributed by atoms with Crippen molar-refractivity contribution in [3.63, 3.8) is 0 Å². The summed E-state index contributed by atoms with van der Waals surface area (Å²) < 4.78 is 5.80. The van der Waals surface area contributed by atoms with E-state index < -0.39 is 41.8 Å². The van der Waals surface area contributed by atoms with Crippen LogP contribution in [0, 0.1) is 0 Å². The number of hydrogen-bond acceptors (Lipinski definition) is 7. The van der Waals surface area contributed by atoms with E-state index in [9.17, 15) is 29.1 Å². The molecule has 2 aliphatic heterocycles. The zero-order chi connectivity index (χ0) is 30.6. The van der Waals surface area contributed by atoms with Gasteiger partial charge in [-0.25, -0.2) is 4.79 Å². The lowest BCUT2D eigenvalue weighted by Crippen LogP contribution is -2.58. The Hall–Kier alpha value is -4.29. The molecule has 0 spiro atoms. The van der Waals surface area contributed by atoms with Crippen LogP contribution in [0.2, 0.25) is 0 Å². The number of amides is 4. The average Bonchev–Trinajstić information content (AvgIpc) is 3.73. The first-order valence-electron chi connectivity index (χ1n) is 14.6. The van der Waals surface area contributed by atoms with Crippen LogP contribution in [0.4, 0.5) is 0 Å². The molecule has 2 fully saturated rings. The third kappa shape index (κ3) is 9.35. The molecule has 4 amide bonds. The monoisotopic (exact) mass is 593 g/mol. The predicted molar refractivity (Wildman–Crippen MR) is 157 cm³/mol. The fourth-order valence-electron chi connectivity index (χ4n) is 5.31. The first kappa shape index (κ1) is 31.6. The van der Waals surface area contributed by atoms with Crippen LogP contribution in [0.15, 0.2) is 60.7 Å². The summed E-state index contributed by atoms with van der Waals surface area (Å²) in [6.45, 7) is 0.664. The number of nitrogens with zero attached hydrogens (tertiary/aromatic N) is 1. The number of carboxylic acid groups (broad SMARTS) is 1. The van der Waals surface area contributed by atoms with E-state index in [0.29, 0.717) is 19.3 Å². The summed E-state index contributed by atoms with van der Waals surface area (Å²) in [7, 11) is 0. The molecule has 12 nitrogen and oxygen atoms in total. The molecule has 12 heteroatoms. The van der Waals surface area contributed by atoms with Crippen LogP contribution in [-0.4, -0.2) is 90.0 Å². The molecule has 4 rings (SSSR count). The SMILES string of the molecule is O=C(CNC(=O)[C@@H]1CCCN1)N[C@@H](Cc1ccccc1)C(=O)N[C@@H](COCc1ccccc1)C(=O)N1CCC[C@H]1C(=O)O. The quantitative estimate of drug-likeness (QED) is 0.209. The maximum absolute atomic E-state index is 13.6. The van der Waals surface area contributed by atoms with Gasteiger partial charge in [-0.2, -0.15) is 0 Å². The van der Waals surface area contributed by atoms with E-state index in [4.69, 9.17) is 4.74 Å². The van der Waals surface area contributed by atoms with E-state index in [2.05, 4.69) is 21.3 Å². The molecule has 0 aromatic heterocycles. The number of ether oxygens (including phenoxy) is 1. The van der Waals surface area contributed by atoms with Crippen molar-refractivity contribution in [3.05, 3.63) is 71.8 Å². The van der Waals surface area contributed by atoms with Crippen LogP contribution in [0.3, 0.4) is 0 Å². The molecule has 0 aliphatic carbocycles. The molecular weight excluding hydrogens is 554 g/mol. The van der Waals surface area contributed by atoms with Gasteiger partial charge < -0.3 is 36.0 Å². The summed E-state index contributed by atoms with van der Waals surface area (Å²) in [5.41, 5.74) is 1.64. The number of carboxylic acids is 1. The summed E-state index contributed by atoms with van der Waals surface area (Å²) in [5, 5.41) is 20.7. The van der Waals surface area contributed by atoms with Crippen molar-refractivity contribution in [2.24, 2.45) is 0 Å². The first-order valence-corrected chi connectivity index (χ1v) is 14.6. The Morgan fingerprint density at radius 2 is 1.60 bits per heavy atom. The lowest BCUT2D eigenvalue weighted by molar-refractivity contribution is -0.150. The van der Waals surface area contributed by atoms with Gasteiger partial charge in [-0.3, -0.25) is 19.2 Å². The minimum absolute atomic E-state index is 0.129. The van der Waals surface area contributed by atoms with Crippen LogP contribution < -0.4 is 21.3 Å². The third-order valence-electron chi connectivity index (χ3n) is 7.57. The molecule has 5 N–H and O–H groups in total. The number of likely N-dealkylation sites (tertiary alicyclic amines) is 1. The van der Waals surface area contributed by atoms with E-state index in [1.54, 1.807) is 0 Å². The van der Waals surface area contributed by atoms with Gasteiger partial charge in [0.2, 0.25) is 23.6 Å². The molecule has 2 aromatic carbocycles. The molecule has 2 aliphatic rings. The fraction of sp³-hybridized carbons (Fsp3) is 0.452. The number of aliphatic carboxylic acids is 1. The summed E-state index contributed by atoms with van der Waals surface area (Å²) in [4.78, 5) is 65.5. The topological polar surface area (TPSA) is 166 Å². The van der Waals surface area contributed by atoms with Gasteiger partial charge in [0.1, 0.15) is 18.1 Å². The summed E-state index contributed by atoms with van der Waals surface area (Å²) in [6, 6.07) is 14.8. The van der Waals surface area contributed by atoms with Crippen molar-refractivity contribution in [2.45, 2.75) is 62.9 Å². The Labute approximate surface area is 250 Å². The highest BCUT2D eigenvalue weighted by Gasteiger charge is 2.38. The van der Waals surface area contributed by atoms with Crippen LogP contribution in [-0.2, 0) is 41.7 Å². The van der Waals surface area contributed by atoms with E-state index >= 15 is 0 Å². The molecule has 4 atom stereocenters. The van der Waals surface area contributed by atoms with Gasteiger partial charge in [-0.15, -0.1) is 0 Å². The van der Waals surface area contributed by atoms with Crippen LogP contribution in [0.1, 0.15) is 36.8 Å². The summed E-state index contributed by atoms with van der Waals surface area (Å²) >= 11 is 0. The van der Waals surface area contributed by atoms with Gasteiger partial charge in [0.15, 0.2) is 0 Å². The Kier molecular flexibility index (Phi) is 11.6. The van der Waals surface area contributed by atoms with E-state index in [-0.39, 0.29) is 44.7 Å². The van der Waals surface area contributed by atoms with E-state index in [1.165, 1.54) is 4.90 Å². The van der Waals surface area contributed by atoms with Crippen molar-refractivity contribution >= 4 is 29.6 Å². The zero-order valence-corrected chi connectivity index (χ0v) is 24.0. The Bertz CT molecular complexity index is 1250. The van der Waals surface area contributed by atoms with E-state index in [0.717, 1.165) is 24.1 Å². The second kappa shape index (κ2) is 15.8. The number of benzene rings is 2. The second-order valence-electron chi connectivity index (χ2n) is 10.8. The largest absolute Gasteiger partial charge is 0.480 e. The van der Waals surface area contributed by atoms with Gasteiger partial charge in [0, 0.05) is 13.0 Å². The zero-order valence-electron chi connectivity index (χ0n) is 24.0. The molecule has 2 saturated heterocycles. The molecule has 0 radical (unpaired) electrons. The highest BCUT2D eigenvalue weighted by molar-refractivity contribution is 5.94. The smallest absolute Gasteiger partial charge is 0.326 e. The Morgan fingerprint density at radius 3 is 2.26 bits per heavy atom. The minimum Gasteiger partial charge on any atom is -0.480 e.